The summed E-state index contributed by atoms with van der Waals surface area (Å²) in [5, 5.41) is 2.93. The van der Waals surface area contributed by atoms with Gasteiger partial charge < -0.3 is 16.0 Å². The molecule has 0 radical (unpaired) electrons. The number of rotatable bonds is 3. The number of likely N-dealkylation sites (N-methyl/N-ethyl adjacent to an activating group) is 1. The smallest absolute Gasteiger partial charge is 0.226 e. The molecule has 1 aliphatic heterocycles. The van der Waals surface area contributed by atoms with Crippen molar-refractivity contribution in [1.29, 1.82) is 0 Å². The van der Waals surface area contributed by atoms with E-state index in [1.54, 1.807) is 24.1 Å². The number of nitrogen functional groups attached to an aromatic ring is 1. The minimum Gasteiger partial charge on any atom is -0.397 e. The number of pyridine rings is 1. The lowest BCUT2D eigenvalue weighted by molar-refractivity contribution is -0.133. The first kappa shape index (κ1) is 13.3. The number of carbonyl (C=O) groups is 2. The van der Waals surface area contributed by atoms with Crippen LogP contribution in [0.5, 0.6) is 0 Å². The fourth-order valence-corrected chi connectivity index (χ4v) is 2.11. The molecule has 0 aromatic carbocycles. The lowest BCUT2D eigenvalue weighted by atomic mass is 10.1. The van der Waals surface area contributed by atoms with E-state index >= 15 is 0 Å². The minimum absolute atomic E-state index is 0.0315. The molecule has 2 amide bonds. The molecule has 6 nitrogen and oxygen atoms in total. The molecule has 2 heterocycles. The molecule has 2 rings (SSSR count). The maximum Gasteiger partial charge on any atom is 0.226 e. The van der Waals surface area contributed by atoms with Gasteiger partial charge in [0.2, 0.25) is 11.8 Å². The second kappa shape index (κ2) is 5.69. The molecule has 0 aliphatic carbocycles. The zero-order valence-corrected chi connectivity index (χ0v) is 10.9. The maximum atomic E-state index is 11.9. The van der Waals surface area contributed by atoms with Crippen LogP contribution < -0.4 is 11.1 Å². The SMILES string of the molecule is CN1CC(NC(=O)Cc2ccc(N)cn2)CCC1=O. The second-order valence-electron chi connectivity index (χ2n) is 4.84. The molecule has 0 spiro atoms. The number of aromatic nitrogens is 1. The van der Waals surface area contributed by atoms with Crippen LogP contribution in [0, 0.1) is 0 Å². The van der Waals surface area contributed by atoms with Crippen LogP contribution in [0.15, 0.2) is 18.3 Å². The number of likely N-dealkylation sites (tertiary alicyclic amines) is 1. The summed E-state index contributed by atoms with van der Waals surface area (Å²) in [4.78, 5) is 28.9. The van der Waals surface area contributed by atoms with Crippen LogP contribution in [0.2, 0.25) is 0 Å². The summed E-state index contributed by atoms with van der Waals surface area (Å²) in [6, 6.07) is 3.50. The number of nitrogens with two attached hydrogens (primary N) is 1. The van der Waals surface area contributed by atoms with E-state index < -0.39 is 0 Å². The molecule has 102 valence electrons. The van der Waals surface area contributed by atoms with Crippen molar-refractivity contribution in [2.75, 3.05) is 19.3 Å². The van der Waals surface area contributed by atoms with Gasteiger partial charge in [0.1, 0.15) is 0 Å². The van der Waals surface area contributed by atoms with Crippen molar-refractivity contribution in [3.05, 3.63) is 24.0 Å². The highest BCUT2D eigenvalue weighted by Gasteiger charge is 2.23. The molecule has 19 heavy (non-hydrogen) atoms. The van der Waals surface area contributed by atoms with E-state index in [0.29, 0.717) is 30.8 Å². The summed E-state index contributed by atoms with van der Waals surface area (Å²) >= 11 is 0. The number of anilines is 1. The van der Waals surface area contributed by atoms with E-state index in [1.165, 1.54) is 6.20 Å². The minimum atomic E-state index is -0.0787. The van der Waals surface area contributed by atoms with Gasteiger partial charge in [0.15, 0.2) is 0 Å². The van der Waals surface area contributed by atoms with Crippen LogP contribution in [-0.2, 0) is 16.0 Å². The Morgan fingerprint density at radius 3 is 3.00 bits per heavy atom. The van der Waals surface area contributed by atoms with Gasteiger partial charge >= 0.3 is 0 Å². The van der Waals surface area contributed by atoms with Crippen LogP contribution in [0.4, 0.5) is 5.69 Å². The fourth-order valence-electron chi connectivity index (χ4n) is 2.11. The van der Waals surface area contributed by atoms with Gasteiger partial charge in [-0.3, -0.25) is 14.6 Å². The van der Waals surface area contributed by atoms with Gasteiger partial charge in [0.25, 0.3) is 0 Å². The quantitative estimate of drug-likeness (QED) is 0.799. The van der Waals surface area contributed by atoms with Crippen LogP contribution in [-0.4, -0.2) is 41.3 Å². The molecule has 1 atom stereocenters. The Bertz CT molecular complexity index is 472. The number of amides is 2. The van der Waals surface area contributed by atoms with Crippen molar-refractivity contribution < 1.29 is 9.59 Å². The third kappa shape index (κ3) is 3.67. The molecule has 1 aliphatic rings. The van der Waals surface area contributed by atoms with Gasteiger partial charge in [-0.05, 0) is 18.6 Å². The largest absolute Gasteiger partial charge is 0.397 e. The van der Waals surface area contributed by atoms with Gasteiger partial charge in [-0.2, -0.15) is 0 Å². The Balaban J connectivity index is 1.84. The highest BCUT2D eigenvalue weighted by atomic mass is 16.2. The fraction of sp³-hybridized carbons (Fsp3) is 0.462. The molecule has 0 saturated carbocycles. The Morgan fingerprint density at radius 2 is 2.37 bits per heavy atom. The van der Waals surface area contributed by atoms with E-state index in [2.05, 4.69) is 10.3 Å². The van der Waals surface area contributed by atoms with Crippen molar-refractivity contribution in [1.82, 2.24) is 15.2 Å². The predicted octanol–water partition coefficient (Wildman–Crippen LogP) is -0.0567. The average Bonchev–Trinajstić information content (AvgIpc) is 2.37. The first-order valence-corrected chi connectivity index (χ1v) is 6.28. The Morgan fingerprint density at radius 1 is 1.58 bits per heavy atom. The van der Waals surface area contributed by atoms with Crippen LogP contribution in [0.25, 0.3) is 0 Å². The van der Waals surface area contributed by atoms with Crippen molar-refractivity contribution in [3.8, 4) is 0 Å². The molecule has 1 saturated heterocycles. The standard InChI is InChI=1S/C13H18N4O2/c1-17-8-11(4-5-13(17)19)16-12(18)6-10-3-2-9(14)7-15-10/h2-3,7,11H,4-6,8,14H2,1H3,(H,16,18). The lowest BCUT2D eigenvalue weighted by Gasteiger charge is -2.30. The summed E-state index contributed by atoms with van der Waals surface area (Å²) < 4.78 is 0. The van der Waals surface area contributed by atoms with Crippen molar-refractivity contribution in [3.63, 3.8) is 0 Å². The molecule has 6 heteroatoms. The topological polar surface area (TPSA) is 88.3 Å². The third-order valence-electron chi connectivity index (χ3n) is 3.18. The zero-order valence-electron chi connectivity index (χ0n) is 10.9. The third-order valence-corrected chi connectivity index (χ3v) is 3.18. The Hall–Kier alpha value is -2.11. The van der Waals surface area contributed by atoms with Gasteiger partial charge in [-0.25, -0.2) is 0 Å². The van der Waals surface area contributed by atoms with E-state index in [-0.39, 0.29) is 24.3 Å². The van der Waals surface area contributed by atoms with Crippen LogP contribution in [0.1, 0.15) is 18.5 Å². The monoisotopic (exact) mass is 262 g/mol. The highest BCUT2D eigenvalue weighted by molar-refractivity contribution is 5.80. The summed E-state index contributed by atoms with van der Waals surface area (Å²) in [7, 11) is 1.75. The number of carbonyl (C=O) groups excluding carboxylic acids is 2. The van der Waals surface area contributed by atoms with E-state index in [0.717, 1.165) is 0 Å². The molecule has 0 bridgehead atoms. The molecule has 1 aromatic heterocycles. The van der Waals surface area contributed by atoms with Crippen LogP contribution in [0.3, 0.4) is 0 Å². The molecular weight excluding hydrogens is 244 g/mol. The molecule has 1 unspecified atom stereocenters. The zero-order chi connectivity index (χ0) is 13.8. The Labute approximate surface area is 112 Å². The highest BCUT2D eigenvalue weighted by Crippen LogP contribution is 2.10. The van der Waals surface area contributed by atoms with Crippen molar-refractivity contribution >= 4 is 17.5 Å². The van der Waals surface area contributed by atoms with E-state index in [4.69, 9.17) is 5.73 Å². The van der Waals surface area contributed by atoms with Crippen LogP contribution >= 0.6 is 0 Å². The van der Waals surface area contributed by atoms with Crippen molar-refractivity contribution in [2.45, 2.75) is 25.3 Å². The number of piperidine rings is 1. The van der Waals surface area contributed by atoms with Gasteiger partial charge in [0, 0.05) is 31.7 Å². The average molecular weight is 262 g/mol. The number of hydrogen-bond donors (Lipinski definition) is 2. The molecule has 1 aromatic rings. The summed E-state index contributed by atoms with van der Waals surface area (Å²) in [6.45, 7) is 0.569. The van der Waals surface area contributed by atoms with E-state index in [9.17, 15) is 9.59 Å². The van der Waals surface area contributed by atoms with Gasteiger partial charge in [-0.15, -0.1) is 0 Å². The number of hydrogen-bond acceptors (Lipinski definition) is 4. The van der Waals surface area contributed by atoms with E-state index in [1.807, 2.05) is 0 Å². The molecule has 1 fully saturated rings. The summed E-state index contributed by atoms with van der Waals surface area (Å²) in [5.74, 6) is 0.0516. The first-order valence-electron chi connectivity index (χ1n) is 6.28. The molecule has 3 N–H and O–H groups in total. The maximum absolute atomic E-state index is 11.9. The van der Waals surface area contributed by atoms with Gasteiger partial charge in [-0.1, -0.05) is 0 Å². The molecular formula is C13H18N4O2. The summed E-state index contributed by atoms with van der Waals surface area (Å²) in [6.07, 6.45) is 2.95. The van der Waals surface area contributed by atoms with Crippen molar-refractivity contribution in [2.24, 2.45) is 0 Å². The lowest BCUT2D eigenvalue weighted by Crippen LogP contribution is -2.48. The Kier molecular flexibility index (Phi) is 3.99. The predicted molar refractivity (Wildman–Crippen MR) is 71.2 cm³/mol. The second-order valence-corrected chi connectivity index (χ2v) is 4.84. The van der Waals surface area contributed by atoms with Gasteiger partial charge in [0.05, 0.1) is 18.3 Å². The summed E-state index contributed by atoms with van der Waals surface area (Å²) in [5.41, 5.74) is 6.80. The normalized spacial score (nSPS) is 19.3. The number of nitrogens with one attached hydrogen (secondary N) is 1. The number of nitrogens with zero attached hydrogens (tertiary/aromatic N) is 2. The first-order chi connectivity index (χ1) is 9.04.